The number of halogens is 1. The van der Waals surface area contributed by atoms with E-state index in [4.69, 9.17) is 9.15 Å². The van der Waals surface area contributed by atoms with Gasteiger partial charge in [0, 0.05) is 17.1 Å². The molecule has 0 amide bonds. The van der Waals surface area contributed by atoms with Crippen molar-refractivity contribution >= 4 is 15.9 Å². The van der Waals surface area contributed by atoms with Crippen molar-refractivity contribution in [3.05, 3.63) is 58.5 Å². The Morgan fingerprint density at radius 1 is 1.29 bits per heavy atom. The fraction of sp³-hybridized carbons (Fsp3) is 0.375. The third-order valence-electron chi connectivity index (χ3n) is 3.16. The molecule has 0 fully saturated rings. The zero-order valence-corrected chi connectivity index (χ0v) is 13.5. The number of nitrogens with one attached hydrogen (secondary N) is 1. The molecule has 0 spiro atoms. The van der Waals surface area contributed by atoms with Gasteiger partial charge in [0.2, 0.25) is 0 Å². The molecule has 2 rings (SSSR count). The van der Waals surface area contributed by atoms with Gasteiger partial charge in [-0.2, -0.15) is 0 Å². The fourth-order valence-corrected chi connectivity index (χ4v) is 2.20. The molecule has 0 saturated heterocycles. The average Bonchev–Trinajstić information content (AvgIpc) is 2.99. The van der Waals surface area contributed by atoms with Crippen LogP contribution in [0, 0.1) is 0 Å². The van der Waals surface area contributed by atoms with Crippen LogP contribution in [0.2, 0.25) is 0 Å². The highest BCUT2D eigenvalue weighted by atomic mass is 79.9. The minimum absolute atomic E-state index is 0.179. The first kappa shape index (κ1) is 16.2. The van der Waals surface area contributed by atoms with Gasteiger partial charge in [-0.1, -0.05) is 28.1 Å². The number of rotatable bonds is 8. The molecule has 1 aromatic carbocycles. The summed E-state index contributed by atoms with van der Waals surface area (Å²) in [5.74, 6) is 0.762. The number of hydrogen-bond acceptors (Lipinski definition) is 4. The molecule has 0 aliphatic heterocycles. The summed E-state index contributed by atoms with van der Waals surface area (Å²) >= 11 is 3.42. The molecular weight excluding hydrogens is 334 g/mol. The third-order valence-corrected chi connectivity index (χ3v) is 3.69. The summed E-state index contributed by atoms with van der Waals surface area (Å²) in [6, 6.07) is 12.0. The quantitative estimate of drug-likeness (QED) is 0.764. The van der Waals surface area contributed by atoms with Crippen molar-refractivity contribution < 1.29 is 14.3 Å². The number of hydrogen-bond donors (Lipinski definition) is 2. The van der Waals surface area contributed by atoms with Crippen molar-refractivity contribution in [1.29, 1.82) is 0 Å². The summed E-state index contributed by atoms with van der Waals surface area (Å²) in [6.07, 6.45) is 1.06. The molecule has 2 N–H and O–H groups in total. The summed E-state index contributed by atoms with van der Waals surface area (Å²) < 4.78 is 11.6. The van der Waals surface area contributed by atoms with Crippen LogP contribution in [0.5, 0.6) is 0 Å². The lowest BCUT2D eigenvalue weighted by Gasteiger charge is -2.17. The topological polar surface area (TPSA) is 54.6 Å². The van der Waals surface area contributed by atoms with Gasteiger partial charge in [0.1, 0.15) is 12.4 Å². The number of aliphatic hydroxyl groups is 1. The maximum atomic E-state index is 9.89. The van der Waals surface area contributed by atoms with Crippen molar-refractivity contribution in [3.63, 3.8) is 0 Å². The predicted octanol–water partition coefficient (Wildman–Crippen LogP) is 3.27. The normalized spacial score (nSPS) is 14.0. The number of aliphatic hydroxyl groups excluding tert-OH is 1. The highest BCUT2D eigenvalue weighted by Crippen LogP contribution is 2.16. The molecule has 0 bridgehead atoms. The Morgan fingerprint density at radius 3 is 2.71 bits per heavy atom. The van der Waals surface area contributed by atoms with Crippen molar-refractivity contribution in [2.45, 2.75) is 25.7 Å². The van der Waals surface area contributed by atoms with Gasteiger partial charge in [-0.25, -0.2) is 0 Å². The Morgan fingerprint density at radius 2 is 2.05 bits per heavy atom. The predicted molar refractivity (Wildman–Crippen MR) is 84.9 cm³/mol. The van der Waals surface area contributed by atoms with E-state index in [0.717, 1.165) is 10.2 Å². The second-order valence-electron chi connectivity index (χ2n) is 4.93. The van der Waals surface area contributed by atoms with Crippen LogP contribution in [0.1, 0.15) is 24.3 Å². The van der Waals surface area contributed by atoms with Gasteiger partial charge in [-0.05, 0) is 36.8 Å². The molecule has 0 radical (unpaired) electrons. The molecule has 1 heterocycles. The molecule has 1 aromatic heterocycles. The smallest absolute Gasteiger partial charge is 0.129 e. The average molecular weight is 354 g/mol. The molecule has 2 atom stereocenters. The molecule has 114 valence electrons. The van der Waals surface area contributed by atoms with Crippen LogP contribution in [0.4, 0.5) is 0 Å². The Bertz CT molecular complexity index is 513. The van der Waals surface area contributed by atoms with E-state index in [2.05, 4.69) is 40.3 Å². The van der Waals surface area contributed by atoms with Gasteiger partial charge < -0.3 is 19.6 Å². The van der Waals surface area contributed by atoms with Gasteiger partial charge in [-0.3, -0.25) is 0 Å². The number of benzene rings is 1. The van der Waals surface area contributed by atoms with E-state index in [-0.39, 0.29) is 12.6 Å². The Labute approximate surface area is 133 Å². The molecule has 2 aromatic rings. The molecule has 0 aliphatic rings. The van der Waals surface area contributed by atoms with Crippen molar-refractivity contribution in [2.75, 3.05) is 13.2 Å². The SMILES string of the molecule is C[C@H](NCC(O)COCc1ccco1)c1ccc(Br)cc1. The number of ether oxygens (including phenoxy) is 1. The summed E-state index contributed by atoms with van der Waals surface area (Å²) in [5.41, 5.74) is 1.18. The fourth-order valence-electron chi connectivity index (χ4n) is 1.93. The highest BCUT2D eigenvalue weighted by molar-refractivity contribution is 9.10. The second-order valence-corrected chi connectivity index (χ2v) is 5.85. The summed E-state index contributed by atoms with van der Waals surface area (Å²) in [4.78, 5) is 0. The zero-order valence-electron chi connectivity index (χ0n) is 12.0. The summed E-state index contributed by atoms with van der Waals surface area (Å²) in [6.45, 7) is 3.21. The zero-order chi connectivity index (χ0) is 15.1. The largest absolute Gasteiger partial charge is 0.467 e. The van der Waals surface area contributed by atoms with Gasteiger partial charge >= 0.3 is 0 Å². The van der Waals surface area contributed by atoms with E-state index in [9.17, 15) is 5.11 Å². The minimum atomic E-state index is -0.544. The maximum Gasteiger partial charge on any atom is 0.129 e. The van der Waals surface area contributed by atoms with Crippen molar-refractivity contribution in [3.8, 4) is 0 Å². The third kappa shape index (κ3) is 5.63. The standard InChI is InChI=1S/C16H20BrNO3/c1-12(13-4-6-14(17)7-5-13)18-9-15(19)10-20-11-16-3-2-8-21-16/h2-8,12,15,18-19H,9-11H2,1H3/t12-,15?/m0/s1. The molecule has 4 nitrogen and oxygen atoms in total. The second kappa shape index (κ2) is 8.34. The highest BCUT2D eigenvalue weighted by Gasteiger charge is 2.09. The summed E-state index contributed by atoms with van der Waals surface area (Å²) in [5, 5.41) is 13.2. The van der Waals surface area contributed by atoms with Crippen LogP contribution in [0.15, 0.2) is 51.6 Å². The van der Waals surface area contributed by atoms with E-state index in [1.807, 2.05) is 24.3 Å². The lowest BCUT2D eigenvalue weighted by Crippen LogP contribution is -2.32. The number of furan rings is 1. The molecule has 0 aliphatic carbocycles. The Balaban J connectivity index is 1.66. The Hall–Kier alpha value is -1.14. The van der Waals surface area contributed by atoms with Gasteiger partial charge in [0.05, 0.1) is 19.0 Å². The van der Waals surface area contributed by atoms with E-state index in [0.29, 0.717) is 13.2 Å². The van der Waals surface area contributed by atoms with Crippen LogP contribution in [-0.2, 0) is 11.3 Å². The van der Waals surface area contributed by atoms with Crippen molar-refractivity contribution in [2.24, 2.45) is 0 Å². The monoisotopic (exact) mass is 353 g/mol. The van der Waals surface area contributed by atoms with Crippen LogP contribution in [-0.4, -0.2) is 24.4 Å². The van der Waals surface area contributed by atoms with E-state index in [1.165, 1.54) is 5.56 Å². The van der Waals surface area contributed by atoms with E-state index in [1.54, 1.807) is 6.26 Å². The molecule has 21 heavy (non-hydrogen) atoms. The van der Waals surface area contributed by atoms with Crippen LogP contribution >= 0.6 is 15.9 Å². The van der Waals surface area contributed by atoms with Gasteiger partial charge in [0.15, 0.2) is 0 Å². The first-order valence-electron chi connectivity index (χ1n) is 6.92. The molecule has 0 saturated carbocycles. The first-order chi connectivity index (χ1) is 10.1. The molecule has 1 unspecified atom stereocenters. The molecular formula is C16H20BrNO3. The van der Waals surface area contributed by atoms with Crippen molar-refractivity contribution in [1.82, 2.24) is 5.32 Å². The van der Waals surface area contributed by atoms with Gasteiger partial charge in [0.25, 0.3) is 0 Å². The van der Waals surface area contributed by atoms with E-state index < -0.39 is 6.10 Å². The van der Waals surface area contributed by atoms with Crippen LogP contribution < -0.4 is 5.32 Å². The lowest BCUT2D eigenvalue weighted by atomic mass is 10.1. The summed E-state index contributed by atoms with van der Waals surface area (Å²) in [7, 11) is 0. The molecule has 5 heteroatoms. The maximum absolute atomic E-state index is 9.89. The van der Waals surface area contributed by atoms with Crippen LogP contribution in [0.3, 0.4) is 0 Å². The van der Waals surface area contributed by atoms with E-state index >= 15 is 0 Å². The minimum Gasteiger partial charge on any atom is -0.467 e. The lowest BCUT2D eigenvalue weighted by molar-refractivity contribution is 0.0217. The van der Waals surface area contributed by atoms with Crippen LogP contribution in [0.25, 0.3) is 0 Å². The van der Waals surface area contributed by atoms with Gasteiger partial charge in [-0.15, -0.1) is 0 Å². The Kier molecular flexibility index (Phi) is 6.45. The first-order valence-corrected chi connectivity index (χ1v) is 7.71.